The zero-order valence-corrected chi connectivity index (χ0v) is 14.1. The third-order valence-corrected chi connectivity index (χ3v) is 4.31. The summed E-state index contributed by atoms with van der Waals surface area (Å²) in [6.45, 7) is 0. The number of carbonyl (C=O) groups excluding carboxylic acids is 1. The summed E-state index contributed by atoms with van der Waals surface area (Å²) in [6.07, 6.45) is -1.24. The first kappa shape index (κ1) is 17.0. The smallest absolute Gasteiger partial charge is 0.296 e. The lowest BCUT2D eigenvalue weighted by Crippen LogP contribution is -2.31. The van der Waals surface area contributed by atoms with Gasteiger partial charge >= 0.3 is 12.2 Å². The fraction of sp³-hybridized carbons (Fsp3) is 0.105. The van der Waals surface area contributed by atoms with Crippen LogP contribution in [-0.2, 0) is 6.18 Å². The molecule has 0 N–H and O–H groups in total. The maximum absolute atomic E-state index is 12.7. The van der Waals surface area contributed by atoms with E-state index in [2.05, 4.69) is 10.1 Å². The van der Waals surface area contributed by atoms with Crippen molar-refractivity contribution in [2.75, 3.05) is 11.9 Å². The molecule has 0 unspecified atom stereocenters. The number of carbonyl (C=O) groups is 1. The number of para-hydroxylation sites is 1. The molecular weight excluding hydrogens is 357 g/mol. The van der Waals surface area contributed by atoms with Crippen LogP contribution in [0, 0.1) is 0 Å². The van der Waals surface area contributed by atoms with Gasteiger partial charge in [-0.15, -0.1) is 0 Å². The standard InChI is InChI=1S/C19H13F3N4O/c1-25(14-8-6-13(7-9-14)19(20,21)22)18(27)26-11-12-10-23-16-5-3-2-4-15(16)17(12)24-26/h2-11H,1H3. The number of anilines is 1. The quantitative estimate of drug-likeness (QED) is 0.488. The summed E-state index contributed by atoms with van der Waals surface area (Å²) in [6, 6.07) is 11.3. The molecule has 0 spiro atoms. The molecule has 4 aromatic rings. The SMILES string of the molecule is CN(C(=O)n1cc2cnc3ccccc3c2n1)c1ccc(C(F)(F)F)cc1. The van der Waals surface area contributed by atoms with Gasteiger partial charge in [0.05, 0.1) is 11.1 Å². The average molecular weight is 370 g/mol. The van der Waals surface area contributed by atoms with Gasteiger partial charge in [-0.3, -0.25) is 9.88 Å². The van der Waals surface area contributed by atoms with E-state index in [1.807, 2.05) is 24.3 Å². The normalized spacial score (nSPS) is 11.9. The van der Waals surface area contributed by atoms with Gasteiger partial charge < -0.3 is 0 Å². The summed E-state index contributed by atoms with van der Waals surface area (Å²) in [4.78, 5) is 18.3. The molecule has 2 heterocycles. The second-order valence-electron chi connectivity index (χ2n) is 6.04. The van der Waals surface area contributed by atoms with Gasteiger partial charge in [-0.25, -0.2) is 4.79 Å². The average Bonchev–Trinajstić information content (AvgIpc) is 3.11. The minimum atomic E-state index is -4.42. The Labute approximate surface area is 151 Å². The summed E-state index contributed by atoms with van der Waals surface area (Å²) in [5.74, 6) is 0. The number of alkyl halides is 3. The Balaban J connectivity index is 1.68. The molecule has 0 bridgehead atoms. The van der Waals surface area contributed by atoms with Crippen molar-refractivity contribution in [2.45, 2.75) is 6.18 Å². The van der Waals surface area contributed by atoms with Crippen molar-refractivity contribution >= 4 is 33.5 Å². The molecule has 5 nitrogen and oxygen atoms in total. The predicted octanol–water partition coefficient (Wildman–Crippen LogP) is 4.71. The Kier molecular flexibility index (Phi) is 3.83. The second kappa shape index (κ2) is 6.08. The van der Waals surface area contributed by atoms with Gasteiger partial charge in [-0.1, -0.05) is 18.2 Å². The fourth-order valence-electron chi connectivity index (χ4n) is 2.85. The molecule has 136 valence electrons. The molecule has 0 aliphatic rings. The van der Waals surface area contributed by atoms with E-state index in [9.17, 15) is 18.0 Å². The van der Waals surface area contributed by atoms with E-state index in [0.29, 0.717) is 16.6 Å². The first-order chi connectivity index (χ1) is 12.8. The molecule has 1 amide bonds. The first-order valence-corrected chi connectivity index (χ1v) is 8.03. The highest BCUT2D eigenvalue weighted by Gasteiger charge is 2.30. The topological polar surface area (TPSA) is 51.0 Å². The van der Waals surface area contributed by atoms with Crippen molar-refractivity contribution in [3.8, 4) is 0 Å². The van der Waals surface area contributed by atoms with Crippen LogP contribution in [0.2, 0.25) is 0 Å². The van der Waals surface area contributed by atoms with Crippen LogP contribution in [0.1, 0.15) is 5.56 Å². The lowest BCUT2D eigenvalue weighted by Gasteiger charge is -2.17. The third-order valence-electron chi connectivity index (χ3n) is 4.31. The molecule has 4 rings (SSSR count). The minimum absolute atomic E-state index is 0.329. The Morgan fingerprint density at radius 2 is 1.78 bits per heavy atom. The van der Waals surface area contributed by atoms with E-state index < -0.39 is 17.8 Å². The van der Waals surface area contributed by atoms with Crippen LogP contribution in [0.5, 0.6) is 0 Å². The van der Waals surface area contributed by atoms with Crippen LogP contribution in [0.25, 0.3) is 21.8 Å². The van der Waals surface area contributed by atoms with Crippen molar-refractivity contribution in [3.05, 3.63) is 66.5 Å². The molecule has 27 heavy (non-hydrogen) atoms. The van der Waals surface area contributed by atoms with Gasteiger partial charge in [-0.05, 0) is 30.3 Å². The van der Waals surface area contributed by atoms with Gasteiger partial charge in [0.1, 0.15) is 5.52 Å². The van der Waals surface area contributed by atoms with Crippen molar-refractivity contribution in [1.82, 2.24) is 14.8 Å². The van der Waals surface area contributed by atoms with E-state index in [4.69, 9.17) is 0 Å². The first-order valence-electron chi connectivity index (χ1n) is 8.03. The molecular formula is C19H13F3N4O. The Morgan fingerprint density at radius 3 is 2.48 bits per heavy atom. The largest absolute Gasteiger partial charge is 0.416 e. The van der Waals surface area contributed by atoms with Gasteiger partial charge in [0, 0.05) is 35.9 Å². The van der Waals surface area contributed by atoms with Crippen molar-refractivity contribution in [2.24, 2.45) is 0 Å². The summed E-state index contributed by atoms with van der Waals surface area (Å²) in [5.41, 5.74) is 0.957. The Morgan fingerprint density at radius 1 is 1.07 bits per heavy atom. The second-order valence-corrected chi connectivity index (χ2v) is 6.04. The molecule has 0 aliphatic carbocycles. The molecule has 8 heteroatoms. The highest BCUT2D eigenvalue weighted by atomic mass is 19.4. The van der Waals surface area contributed by atoms with Crippen molar-refractivity contribution in [1.29, 1.82) is 0 Å². The Bertz CT molecular complexity index is 1150. The van der Waals surface area contributed by atoms with Crippen molar-refractivity contribution < 1.29 is 18.0 Å². The monoisotopic (exact) mass is 370 g/mol. The van der Waals surface area contributed by atoms with E-state index in [1.54, 1.807) is 12.4 Å². The summed E-state index contributed by atoms with van der Waals surface area (Å²) in [7, 11) is 1.48. The predicted molar refractivity (Wildman–Crippen MR) is 95.7 cm³/mol. The lowest BCUT2D eigenvalue weighted by atomic mass is 10.2. The molecule has 0 atom stereocenters. The number of amides is 1. The number of fused-ring (bicyclic) bond motifs is 3. The van der Waals surface area contributed by atoms with Gasteiger partial charge in [0.25, 0.3) is 0 Å². The van der Waals surface area contributed by atoms with Crippen molar-refractivity contribution in [3.63, 3.8) is 0 Å². The summed E-state index contributed by atoms with van der Waals surface area (Å²) < 4.78 is 39.2. The summed E-state index contributed by atoms with van der Waals surface area (Å²) >= 11 is 0. The highest BCUT2D eigenvalue weighted by molar-refractivity contribution is 6.04. The Hall–Kier alpha value is -3.42. The van der Waals surface area contributed by atoms with E-state index >= 15 is 0 Å². The maximum atomic E-state index is 12.7. The van der Waals surface area contributed by atoms with Crippen LogP contribution in [0.3, 0.4) is 0 Å². The number of pyridine rings is 1. The van der Waals surface area contributed by atoms with E-state index in [0.717, 1.165) is 27.7 Å². The molecule has 0 radical (unpaired) electrons. The number of hydrogen-bond acceptors (Lipinski definition) is 3. The number of nitrogens with zero attached hydrogens (tertiary/aromatic N) is 4. The zero-order chi connectivity index (χ0) is 19.2. The highest BCUT2D eigenvalue weighted by Crippen LogP contribution is 2.30. The van der Waals surface area contributed by atoms with E-state index in [1.165, 1.54) is 24.1 Å². The molecule has 0 fully saturated rings. The van der Waals surface area contributed by atoms with Crippen LogP contribution >= 0.6 is 0 Å². The van der Waals surface area contributed by atoms with E-state index in [-0.39, 0.29) is 0 Å². The van der Waals surface area contributed by atoms with Gasteiger partial charge in [0.15, 0.2) is 0 Å². The maximum Gasteiger partial charge on any atom is 0.416 e. The van der Waals surface area contributed by atoms with Crippen LogP contribution < -0.4 is 4.90 Å². The minimum Gasteiger partial charge on any atom is -0.296 e. The number of aromatic nitrogens is 3. The number of benzene rings is 2. The summed E-state index contributed by atoms with van der Waals surface area (Å²) in [5, 5.41) is 5.87. The lowest BCUT2D eigenvalue weighted by molar-refractivity contribution is -0.137. The van der Waals surface area contributed by atoms with Crippen LogP contribution in [0.15, 0.2) is 60.9 Å². The molecule has 0 aliphatic heterocycles. The number of halogens is 3. The fourth-order valence-corrected chi connectivity index (χ4v) is 2.85. The molecule has 2 aromatic carbocycles. The number of rotatable bonds is 1. The number of hydrogen-bond donors (Lipinski definition) is 0. The molecule has 0 saturated carbocycles. The van der Waals surface area contributed by atoms with Crippen LogP contribution in [0.4, 0.5) is 23.7 Å². The molecule has 0 saturated heterocycles. The van der Waals surface area contributed by atoms with Gasteiger partial charge in [-0.2, -0.15) is 23.0 Å². The zero-order valence-electron chi connectivity index (χ0n) is 14.1. The third kappa shape index (κ3) is 2.99. The van der Waals surface area contributed by atoms with Crippen LogP contribution in [-0.4, -0.2) is 27.8 Å². The van der Waals surface area contributed by atoms with Gasteiger partial charge in [0.2, 0.25) is 0 Å². The molecule has 2 aromatic heterocycles.